The normalized spacial score (nSPS) is 12.6. The van der Waals surface area contributed by atoms with E-state index in [-0.39, 0.29) is 12.6 Å². The van der Waals surface area contributed by atoms with Crippen LogP contribution in [0.15, 0.2) is 6.07 Å². The molecule has 0 bridgehead atoms. The molecule has 0 fully saturated rings. The van der Waals surface area contributed by atoms with Gasteiger partial charge >= 0.3 is 0 Å². The van der Waals surface area contributed by atoms with E-state index >= 15 is 0 Å². The van der Waals surface area contributed by atoms with Gasteiger partial charge in [-0.3, -0.25) is 0 Å². The van der Waals surface area contributed by atoms with Crippen molar-refractivity contribution in [1.82, 2.24) is 0 Å². The minimum Gasteiger partial charge on any atom is -0.496 e. The number of halogens is 1. The highest BCUT2D eigenvalue weighted by Crippen LogP contribution is 2.36. The average molecular weight is 258 g/mol. The van der Waals surface area contributed by atoms with Crippen molar-refractivity contribution in [3.8, 4) is 5.75 Å². The van der Waals surface area contributed by atoms with Gasteiger partial charge in [0.2, 0.25) is 0 Å². The fourth-order valence-corrected chi connectivity index (χ4v) is 2.18. The third-order valence-corrected chi connectivity index (χ3v) is 3.54. The van der Waals surface area contributed by atoms with Crippen molar-refractivity contribution in [2.75, 3.05) is 13.7 Å². The maximum Gasteiger partial charge on any atom is 0.124 e. The zero-order chi connectivity index (χ0) is 13.0. The zero-order valence-electron chi connectivity index (χ0n) is 10.6. The second-order valence-electron chi connectivity index (χ2n) is 4.22. The summed E-state index contributed by atoms with van der Waals surface area (Å²) in [4.78, 5) is 0. The Morgan fingerprint density at radius 3 is 2.65 bits per heavy atom. The molecule has 4 heteroatoms. The molecule has 0 aromatic heterocycles. The number of aliphatic hydroxyl groups excluding tert-OH is 1. The van der Waals surface area contributed by atoms with Crippen molar-refractivity contribution in [2.24, 2.45) is 5.73 Å². The van der Waals surface area contributed by atoms with Gasteiger partial charge in [-0.2, -0.15) is 0 Å². The molecule has 96 valence electrons. The molecule has 3 nitrogen and oxygen atoms in total. The van der Waals surface area contributed by atoms with Gasteiger partial charge in [0, 0.05) is 23.2 Å². The van der Waals surface area contributed by atoms with Gasteiger partial charge < -0.3 is 15.6 Å². The molecule has 1 aromatic rings. The first kappa shape index (κ1) is 14.3. The fourth-order valence-electron chi connectivity index (χ4n) is 2.02. The molecular formula is C13H20ClNO2. The molecule has 0 aliphatic heterocycles. The first-order valence-corrected chi connectivity index (χ1v) is 6.10. The van der Waals surface area contributed by atoms with Gasteiger partial charge in [-0.15, -0.1) is 0 Å². The highest BCUT2D eigenvalue weighted by Gasteiger charge is 2.18. The number of hydrogen-bond acceptors (Lipinski definition) is 3. The summed E-state index contributed by atoms with van der Waals surface area (Å²) < 4.78 is 5.36. The summed E-state index contributed by atoms with van der Waals surface area (Å²) in [6.45, 7) is 4.04. The second kappa shape index (κ2) is 6.24. The first-order chi connectivity index (χ1) is 8.02. The van der Waals surface area contributed by atoms with E-state index in [1.54, 1.807) is 7.11 Å². The number of aliphatic hydroxyl groups is 1. The quantitative estimate of drug-likeness (QED) is 0.853. The Bertz CT molecular complexity index is 393. The average Bonchev–Trinajstić information content (AvgIpc) is 2.32. The molecule has 0 aliphatic rings. The van der Waals surface area contributed by atoms with E-state index in [0.717, 1.165) is 27.5 Å². The molecule has 0 aliphatic carbocycles. The van der Waals surface area contributed by atoms with Gasteiger partial charge in [-0.1, -0.05) is 11.6 Å². The number of methoxy groups -OCH3 is 1. The van der Waals surface area contributed by atoms with E-state index in [1.807, 2.05) is 19.9 Å². The van der Waals surface area contributed by atoms with Crippen LogP contribution in [0.5, 0.6) is 5.75 Å². The highest BCUT2D eigenvalue weighted by molar-refractivity contribution is 6.32. The SMILES string of the molecule is COc1cc(C)c(Cl)c(C)c1C(N)CCCO. The zero-order valence-corrected chi connectivity index (χ0v) is 11.3. The van der Waals surface area contributed by atoms with Crippen LogP contribution in [0.1, 0.15) is 35.6 Å². The number of aryl methyl sites for hydroxylation is 1. The Hall–Kier alpha value is -0.770. The minimum absolute atomic E-state index is 0.147. The van der Waals surface area contributed by atoms with Crippen LogP contribution in [0.25, 0.3) is 0 Å². The van der Waals surface area contributed by atoms with Crippen molar-refractivity contribution in [1.29, 1.82) is 0 Å². The van der Waals surface area contributed by atoms with Crippen LogP contribution in [0, 0.1) is 13.8 Å². The molecule has 0 saturated carbocycles. The fraction of sp³-hybridized carbons (Fsp3) is 0.538. The number of hydrogen-bond donors (Lipinski definition) is 2. The summed E-state index contributed by atoms with van der Waals surface area (Å²) in [6, 6.07) is 1.75. The second-order valence-corrected chi connectivity index (χ2v) is 4.60. The third-order valence-electron chi connectivity index (χ3n) is 2.96. The maximum atomic E-state index is 8.84. The Labute approximate surface area is 108 Å². The van der Waals surface area contributed by atoms with Crippen molar-refractivity contribution in [3.05, 3.63) is 27.8 Å². The molecule has 1 atom stereocenters. The highest BCUT2D eigenvalue weighted by atomic mass is 35.5. The molecule has 17 heavy (non-hydrogen) atoms. The molecule has 0 amide bonds. The van der Waals surface area contributed by atoms with E-state index in [4.69, 9.17) is 27.2 Å². The monoisotopic (exact) mass is 257 g/mol. The van der Waals surface area contributed by atoms with Crippen LogP contribution in [-0.2, 0) is 0 Å². The van der Waals surface area contributed by atoms with Crippen LogP contribution in [0.4, 0.5) is 0 Å². The smallest absolute Gasteiger partial charge is 0.124 e. The van der Waals surface area contributed by atoms with Gasteiger partial charge in [0.05, 0.1) is 7.11 Å². The molecular weight excluding hydrogens is 238 g/mol. The van der Waals surface area contributed by atoms with Gasteiger partial charge in [-0.05, 0) is 43.9 Å². The largest absolute Gasteiger partial charge is 0.496 e. The Morgan fingerprint density at radius 1 is 1.47 bits per heavy atom. The number of rotatable bonds is 5. The lowest BCUT2D eigenvalue weighted by atomic mass is 9.95. The van der Waals surface area contributed by atoms with E-state index in [1.165, 1.54) is 0 Å². The van der Waals surface area contributed by atoms with Crippen molar-refractivity contribution >= 4 is 11.6 Å². The first-order valence-electron chi connectivity index (χ1n) is 5.73. The molecule has 1 aromatic carbocycles. The topological polar surface area (TPSA) is 55.5 Å². The van der Waals surface area contributed by atoms with Crippen LogP contribution in [0.3, 0.4) is 0 Å². The van der Waals surface area contributed by atoms with E-state index < -0.39 is 0 Å². The minimum atomic E-state index is -0.157. The van der Waals surface area contributed by atoms with E-state index in [0.29, 0.717) is 12.8 Å². The van der Waals surface area contributed by atoms with E-state index in [2.05, 4.69) is 0 Å². The summed E-state index contributed by atoms with van der Waals surface area (Å²) in [5.41, 5.74) is 9.02. The summed E-state index contributed by atoms with van der Waals surface area (Å²) >= 11 is 6.23. The maximum absolute atomic E-state index is 8.84. The number of nitrogens with two attached hydrogens (primary N) is 1. The van der Waals surface area contributed by atoms with Crippen LogP contribution >= 0.6 is 11.6 Å². The van der Waals surface area contributed by atoms with Gasteiger partial charge in [-0.25, -0.2) is 0 Å². The van der Waals surface area contributed by atoms with Crippen molar-refractivity contribution in [3.63, 3.8) is 0 Å². The van der Waals surface area contributed by atoms with Gasteiger partial charge in [0.25, 0.3) is 0 Å². The summed E-state index contributed by atoms with van der Waals surface area (Å²) in [7, 11) is 1.63. The van der Waals surface area contributed by atoms with Crippen LogP contribution in [0.2, 0.25) is 5.02 Å². The molecule has 1 rings (SSSR count). The third kappa shape index (κ3) is 3.12. The standard InChI is InChI=1S/C13H20ClNO2/c1-8-7-11(17-3)12(9(2)13(8)14)10(15)5-4-6-16/h7,10,16H,4-6,15H2,1-3H3. The van der Waals surface area contributed by atoms with Crippen LogP contribution in [-0.4, -0.2) is 18.8 Å². The number of ether oxygens (including phenoxy) is 1. The molecule has 0 spiro atoms. The number of benzene rings is 1. The van der Waals surface area contributed by atoms with Gasteiger partial charge in [0.1, 0.15) is 5.75 Å². The molecule has 3 N–H and O–H groups in total. The van der Waals surface area contributed by atoms with E-state index in [9.17, 15) is 0 Å². The molecule has 0 radical (unpaired) electrons. The molecule has 0 heterocycles. The lowest BCUT2D eigenvalue weighted by Crippen LogP contribution is -2.14. The summed E-state index contributed by atoms with van der Waals surface area (Å²) in [5, 5.41) is 9.58. The van der Waals surface area contributed by atoms with Gasteiger partial charge in [0.15, 0.2) is 0 Å². The lowest BCUT2D eigenvalue weighted by Gasteiger charge is -2.20. The molecule has 1 unspecified atom stereocenters. The lowest BCUT2D eigenvalue weighted by molar-refractivity contribution is 0.279. The van der Waals surface area contributed by atoms with Crippen molar-refractivity contribution in [2.45, 2.75) is 32.7 Å². The Morgan fingerprint density at radius 2 is 2.12 bits per heavy atom. The predicted molar refractivity (Wildman–Crippen MR) is 70.7 cm³/mol. The van der Waals surface area contributed by atoms with Crippen molar-refractivity contribution < 1.29 is 9.84 Å². The van der Waals surface area contributed by atoms with Crippen LogP contribution < -0.4 is 10.5 Å². The Balaban J connectivity index is 3.16. The predicted octanol–water partition coefficient (Wildman–Crippen LogP) is 2.74. The summed E-state index contributed by atoms with van der Waals surface area (Å²) in [5.74, 6) is 0.773. The summed E-state index contributed by atoms with van der Waals surface area (Å²) in [6.07, 6.45) is 1.39. The Kier molecular flexibility index (Phi) is 5.25. The molecule has 0 saturated heterocycles.